The van der Waals surface area contributed by atoms with Crippen molar-refractivity contribution in [2.75, 3.05) is 0 Å². The van der Waals surface area contributed by atoms with Crippen molar-refractivity contribution in [3.8, 4) is 0 Å². The van der Waals surface area contributed by atoms with E-state index in [1.165, 1.54) is 11.1 Å². The first-order chi connectivity index (χ1) is 7.38. The minimum Gasteiger partial charge on any atom is -0.359 e. The third kappa shape index (κ3) is 2.56. The van der Waals surface area contributed by atoms with Crippen molar-refractivity contribution >= 4 is 6.29 Å². The zero-order chi connectivity index (χ0) is 10.5. The number of aromatic nitrogens is 1. The molecule has 0 aliphatic rings. The number of carbonyl (C=O) groups excluding carboxylic acids is 1. The van der Waals surface area contributed by atoms with E-state index in [1.54, 1.807) is 0 Å². The van der Waals surface area contributed by atoms with Crippen LogP contribution in [-0.4, -0.2) is 11.3 Å². The van der Waals surface area contributed by atoms with Crippen molar-refractivity contribution in [1.82, 2.24) is 4.98 Å². The first kappa shape index (κ1) is 9.71. The molecule has 0 amide bonds. The van der Waals surface area contributed by atoms with Crippen LogP contribution < -0.4 is 0 Å². The zero-order valence-corrected chi connectivity index (χ0v) is 8.44. The van der Waals surface area contributed by atoms with Gasteiger partial charge in [0.2, 0.25) is 0 Å². The second-order valence-electron chi connectivity index (χ2n) is 3.57. The Kier molecular flexibility index (Phi) is 2.98. The monoisotopic (exact) mass is 199 g/mol. The zero-order valence-electron chi connectivity index (χ0n) is 8.44. The molecule has 1 aromatic heterocycles. The van der Waals surface area contributed by atoms with Crippen LogP contribution in [0.15, 0.2) is 42.6 Å². The predicted octanol–water partition coefficient (Wildman–Crippen LogP) is 2.61. The molecule has 2 rings (SSSR count). The maximum atomic E-state index is 10.5. The van der Waals surface area contributed by atoms with Crippen molar-refractivity contribution in [3.05, 3.63) is 59.4 Å². The van der Waals surface area contributed by atoms with Crippen LogP contribution >= 0.6 is 0 Å². The highest BCUT2D eigenvalue weighted by atomic mass is 16.1. The molecule has 0 bridgehead atoms. The summed E-state index contributed by atoms with van der Waals surface area (Å²) >= 11 is 0. The van der Waals surface area contributed by atoms with E-state index in [4.69, 9.17) is 0 Å². The lowest BCUT2D eigenvalue weighted by atomic mass is 10.1. The molecule has 0 saturated carbocycles. The van der Waals surface area contributed by atoms with Gasteiger partial charge in [-0.15, -0.1) is 0 Å². The van der Waals surface area contributed by atoms with Crippen LogP contribution in [0, 0.1) is 0 Å². The number of aryl methyl sites for hydroxylation is 2. The van der Waals surface area contributed by atoms with Crippen molar-refractivity contribution in [1.29, 1.82) is 0 Å². The largest absolute Gasteiger partial charge is 0.359 e. The smallest absolute Gasteiger partial charge is 0.166 e. The van der Waals surface area contributed by atoms with Crippen LogP contribution in [0.3, 0.4) is 0 Å². The van der Waals surface area contributed by atoms with Gasteiger partial charge in [0, 0.05) is 6.20 Å². The third-order valence-corrected chi connectivity index (χ3v) is 2.44. The molecule has 1 heterocycles. The Morgan fingerprint density at radius 3 is 2.47 bits per heavy atom. The number of H-pyrrole nitrogens is 1. The SMILES string of the molecule is O=Cc1cc(CCc2ccccc2)c[nH]1. The number of benzene rings is 1. The summed E-state index contributed by atoms with van der Waals surface area (Å²) in [6, 6.07) is 12.2. The Morgan fingerprint density at radius 1 is 1.07 bits per heavy atom. The predicted molar refractivity (Wildman–Crippen MR) is 60.0 cm³/mol. The normalized spacial score (nSPS) is 10.1. The van der Waals surface area contributed by atoms with Crippen LogP contribution in [0.2, 0.25) is 0 Å². The van der Waals surface area contributed by atoms with Gasteiger partial charge in [0.25, 0.3) is 0 Å². The summed E-state index contributed by atoms with van der Waals surface area (Å²) in [6.45, 7) is 0. The van der Waals surface area contributed by atoms with Gasteiger partial charge < -0.3 is 4.98 Å². The molecule has 0 radical (unpaired) electrons. The fourth-order valence-corrected chi connectivity index (χ4v) is 1.60. The molecular formula is C13H13NO. The highest BCUT2D eigenvalue weighted by Crippen LogP contribution is 2.07. The van der Waals surface area contributed by atoms with Gasteiger partial charge in [0.15, 0.2) is 6.29 Å². The average Bonchev–Trinajstić information content (AvgIpc) is 2.76. The van der Waals surface area contributed by atoms with Gasteiger partial charge in [0.05, 0.1) is 5.69 Å². The Bertz CT molecular complexity index is 431. The van der Waals surface area contributed by atoms with Crippen molar-refractivity contribution in [3.63, 3.8) is 0 Å². The maximum Gasteiger partial charge on any atom is 0.166 e. The molecule has 0 spiro atoms. The van der Waals surface area contributed by atoms with E-state index in [-0.39, 0.29) is 0 Å². The number of aromatic amines is 1. The van der Waals surface area contributed by atoms with Gasteiger partial charge in [-0.3, -0.25) is 4.79 Å². The summed E-state index contributed by atoms with van der Waals surface area (Å²) in [5.41, 5.74) is 3.16. The van der Waals surface area contributed by atoms with Gasteiger partial charge in [-0.1, -0.05) is 30.3 Å². The maximum absolute atomic E-state index is 10.5. The minimum absolute atomic E-state index is 0.651. The van der Waals surface area contributed by atoms with E-state index in [2.05, 4.69) is 17.1 Å². The van der Waals surface area contributed by atoms with Crippen LogP contribution in [0.5, 0.6) is 0 Å². The van der Waals surface area contributed by atoms with Crippen molar-refractivity contribution in [2.24, 2.45) is 0 Å². The number of nitrogens with one attached hydrogen (secondary N) is 1. The van der Waals surface area contributed by atoms with Gasteiger partial charge in [-0.05, 0) is 30.0 Å². The van der Waals surface area contributed by atoms with E-state index in [1.807, 2.05) is 30.5 Å². The second-order valence-corrected chi connectivity index (χ2v) is 3.57. The van der Waals surface area contributed by atoms with Crippen LogP contribution in [0.25, 0.3) is 0 Å². The van der Waals surface area contributed by atoms with E-state index in [0.29, 0.717) is 5.69 Å². The Labute approximate surface area is 89.0 Å². The number of hydrogen-bond acceptors (Lipinski definition) is 1. The molecule has 2 nitrogen and oxygen atoms in total. The minimum atomic E-state index is 0.651. The summed E-state index contributed by atoms with van der Waals surface area (Å²) in [5, 5.41) is 0. The third-order valence-electron chi connectivity index (χ3n) is 2.44. The Morgan fingerprint density at radius 2 is 1.80 bits per heavy atom. The molecular weight excluding hydrogens is 186 g/mol. The Balaban J connectivity index is 1.96. The average molecular weight is 199 g/mol. The van der Waals surface area contributed by atoms with Crippen LogP contribution in [-0.2, 0) is 12.8 Å². The highest BCUT2D eigenvalue weighted by Gasteiger charge is 1.98. The fourth-order valence-electron chi connectivity index (χ4n) is 1.60. The Hall–Kier alpha value is -1.83. The fraction of sp³-hybridized carbons (Fsp3) is 0.154. The van der Waals surface area contributed by atoms with Gasteiger partial charge in [-0.2, -0.15) is 0 Å². The lowest BCUT2D eigenvalue weighted by molar-refractivity contribution is 0.111. The molecule has 0 aliphatic carbocycles. The summed E-state index contributed by atoms with van der Waals surface area (Å²) in [5.74, 6) is 0. The van der Waals surface area contributed by atoms with E-state index < -0.39 is 0 Å². The molecule has 0 saturated heterocycles. The first-order valence-electron chi connectivity index (χ1n) is 5.05. The van der Waals surface area contributed by atoms with Crippen molar-refractivity contribution < 1.29 is 4.79 Å². The van der Waals surface area contributed by atoms with Gasteiger partial charge in [0.1, 0.15) is 0 Å². The molecule has 0 aliphatic heterocycles. The first-order valence-corrected chi connectivity index (χ1v) is 5.05. The lowest BCUT2D eigenvalue weighted by Gasteiger charge is -1.98. The topological polar surface area (TPSA) is 32.9 Å². The lowest BCUT2D eigenvalue weighted by Crippen LogP contribution is -1.88. The van der Waals surface area contributed by atoms with E-state index >= 15 is 0 Å². The summed E-state index contributed by atoms with van der Waals surface area (Å²) < 4.78 is 0. The van der Waals surface area contributed by atoms with Crippen LogP contribution in [0.1, 0.15) is 21.6 Å². The molecule has 0 atom stereocenters. The van der Waals surface area contributed by atoms with E-state index in [0.717, 1.165) is 19.1 Å². The number of carbonyl (C=O) groups is 1. The van der Waals surface area contributed by atoms with Crippen LogP contribution in [0.4, 0.5) is 0 Å². The van der Waals surface area contributed by atoms with E-state index in [9.17, 15) is 4.79 Å². The molecule has 0 fully saturated rings. The quantitative estimate of drug-likeness (QED) is 0.754. The number of aldehydes is 1. The second kappa shape index (κ2) is 4.60. The molecule has 2 heteroatoms. The molecule has 2 aromatic rings. The standard InChI is InChI=1S/C13H13NO/c15-10-13-8-12(9-14-13)7-6-11-4-2-1-3-5-11/h1-5,8-10,14H,6-7H2. The van der Waals surface area contributed by atoms with Crippen molar-refractivity contribution in [2.45, 2.75) is 12.8 Å². The number of rotatable bonds is 4. The summed E-state index contributed by atoms with van der Waals surface area (Å²) in [7, 11) is 0. The molecule has 0 unspecified atom stereocenters. The number of hydrogen-bond donors (Lipinski definition) is 1. The summed E-state index contributed by atoms with van der Waals surface area (Å²) in [6.07, 6.45) is 4.71. The molecule has 76 valence electrons. The van der Waals surface area contributed by atoms with Gasteiger partial charge in [-0.25, -0.2) is 0 Å². The molecule has 1 aromatic carbocycles. The summed E-state index contributed by atoms with van der Waals surface area (Å²) in [4.78, 5) is 13.4. The molecule has 15 heavy (non-hydrogen) atoms. The highest BCUT2D eigenvalue weighted by molar-refractivity contribution is 5.72. The molecule has 1 N–H and O–H groups in total. The van der Waals surface area contributed by atoms with Gasteiger partial charge >= 0.3 is 0 Å².